The Morgan fingerprint density at radius 2 is 1.71 bits per heavy atom. The summed E-state index contributed by atoms with van der Waals surface area (Å²) in [6.07, 6.45) is 13.6. The smallest absolute Gasteiger partial charge is 0.0752 e. The van der Waals surface area contributed by atoms with Gasteiger partial charge in [-0.1, -0.05) is 45.3 Å². The molecular weight excluding hydrogens is 167 g/mol. The molecule has 0 spiro atoms. The van der Waals surface area contributed by atoms with Gasteiger partial charge in [0.2, 0.25) is 0 Å². The molecule has 2 atom stereocenters. The number of rotatable bonds is 2. The largest absolute Gasteiger partial charge is 0.102 e. The van der Waals surface area contributed by atoms with Gasteiger partial charge in [-0.25, -0.2) is 0 Å². The third kappa shape index (κ3) is 1.75. The van der Waals surface area contributed by atoms with Crippen molar-refractivity contribution in [2.75, 3.05) is 0 Å². The highest BCUT2D eigenvalue weighted by molar-refractivity contribution is 6.09. The fourth-order valence-electron chi connectivity index (χ4n) is 4.29. The maximum absolute atomic E-state index is 2.51. The highest BCUT2D eigenvalue weighted by Crippen LogP contribution is 2.53. The van der Waals surface area contributed by atoms with E-state index < -0.39 is 0 Å². The lowest BCUT2D eigenvalue weighted by Crippen LogP contribution is -2.34. The van der Waals surface area contributed by atoms with Gasteiger partial charge in [-0.15, -0.1) is 0 Å². The molecule has 1 heteroatoms. The topological polar surface area (TPSA) is 0 Å². The van der Waals surface area contributed by atoms with Crippen LogP contribution < -0.4 is 0 Å². The lowest BCUT2D eigenvalue weighted by Gasteiger charge is -2.43. The van der Waals surface area contributed by atoms with Crippen molar-refractivity contribution in [3.05, 3.63) is 0 Å². The average molecular weight is 192 g/mol. The summed E-state index contributed by atoms with van der Waals surface area (Å²) in [5.41, 5.74) is 0.778. The van der Waals surface area contributed by atoms with Crippen LogP contribution in [0.1, 0.15) is 58.3 Å². The van der Waals surface area contributed by atoms with E-state index in [4.69, 9.17) is 0 Å². The Morgan fingerprint density at radius 3 is 2.29 bits per heavy atom. The lowest BCUT2D eigenvalue weighted by atomic mass is 9.59. The molecule has 0 aromatic carbocycles. The second kappa shape index (κ2) is 4.29. The van der Waals surface area contributed by atoms with Crippen LogP contribution in [0.15, 0.2) is 0 Å². The van der Waals surface area contributed by atoms with Crippen molar-refractivity contribution in [1.29, 1.82) is 0 Å². The Hall–Kier alpha value is 0.0649. The van der Waals surface area contributed by atoms with E-state index in [0.29, 0.717) is 0 Å². The predicted octanol–water partition coefficient (Wildman–Crippen LogP) is 3.42. The molecule has 0 aromatic rings. The van der Waals surface area contributed by atoms with Crippen LogP contribution in [-0.2, 0) is 0 Å². The maximum atomic E-state index is 2.51. The van der Waals surface area contributed by atoms with Crippen LogP contribution in [-0.4, -0.2) is 7.85 Å². The Labute approximate surface area is 90.3 Å². The first kappa shape index (κ1) is 10.6. The molecule has 2 fully saturated rings. The van der Waals surface area contributed by atoms with Crippen LogP contribution in [0.4, 0.5) is 0 Å². The van der Waals surface area contributed by atoms with E-state index in [1.807, 2.05) is 0 Å². The van der Waals surface area contributed by atoms with Crippen LogP contribution in [0.25, 0.3) is 0 Å². The van der Waals surface area contributed by atoms with Gasteiger partial charge in [0.15, 0.2) is 0 Å². The highest BCUT2D eigenvalue weighted by Gasteiger charge is 2.42. The van der Waals surface area contributed by atoms with E-state index in [1.165, 1.54) is 44.8 Å². The van der Waals surface area contributed by atoms with Crippen molar-refractivity contribution in [3.8, 4) is 0 Å². The normalized spacial score (nSPS) is 37.2. The van der Waals surface area contributed by atoms with Crippen molar-refractivity contribution >= 4 is 7.85 Å². The first-order valence-corrected chi connectivity index (χ1v) is 6.78. The van der Waals surface area contributed by atoms with Gasteiger partial charge in [0.05, 0.1) is 0 Å². The molecule has 0 radical (unpaired) electrons. The van der Waals surface area contributed by atoms with Crippen molar-refractivity contribution in [2.24, 2.45) is 17.3 Å². The Bertz CT molecular complexity index is 182. The Balaban J connectivity index is 2.09. The minimum Gasteiger partial charge on any atom is -0.0752 e. The summed E-state index contributed by atoms with van der Waals surface area (Å²) < 4.78 is 0. The average Bonchev–Trinajstić information content (AvgIpc) is 2.68. The van der Waals surface area contributed by atoms with Gasteiger partial charge in [-0.2, -0.15) is 0 Å². The quantitative estimate of drug-likeness (QED) is 0.588. The zero-order valence-electron chi connectivity index (χ0n) is 10.0. The predicted molar refractivity (Wildman–Crippen MR) is 65.4 cm³/mol. The van der Waals surface area contributed by atoms with Gasteiger partial charge in [0.1, 0.15) is 7.85 Å². The van der Waals surface area contributed by atoms with Gasteiger partial charge in [0, 0.05) is 0 Å². The molecule has 2 saturated carbocycles. The molecule has 0 N–H and O–H groups in total. The highest BCUT2D eigenvalue weighted by atomic mass is 14.5. The summed E-state index contributed by atoms with van der Waals surface area (Å²) in [4.78, 5) is 0. The van der Waals surface area contributed by atoms with Crippen LogP contribution >= 0.6 is 0 Å². The molecule has 0 heterocycles. The summed E-state index contributed by atoms with van der Waals surface area (Å²) in [6, 6.07) is 0. The first-order valence-electron chi connectivity index (χ1n) is 6.78. The molecule has 0 amide bonds. The maximum Gasteiger partial charge on any atom is 0.102 e. The second-order valence-electron chi connectivity index (χ2n) is 5.79. The second-order valence-corrected chi connectivity index (χ2v) is 5.79. The fourth-order valence-corrected chi connectivity index (χ4v) is 4.29. The SMILES string of the molecule is BCC1(C2CCCCC2C)CCCC1. The molecule has 0 bridgehead atoms. The van der Waals surface area contributed by atoms with Crippen LogP contribution in [0.3, 0.4) is 0 Å². The molecular formula is C13H25B. The Morgan fingerprint density at radius 1 is 1.07 bits per heavy atom. The van der Waals surface area contributed by atoms with Gasteiger partial charge in [0.25, 0.3) is 0 Å². The molecule has 14 heavy (non-hydrogen) atoms. The Kier molecular flexibility index (Phi) is 3.24. The van der Waals surface area contributed by atoms with Crippen molar-refractivity contribution < 1.29 is 0 Å². The van der Waals surface area contributed by atoms with Crippen LogP contribution in [0.5, 0.6) is 0 Å². The summed E-state index contributed by atoms with van der Waals surface area (Å²) in [5, 5.41) is 0. The van der Waals surface area contributed by atoms with E-state index >= 15 is 0 Å². The zero-order chi connectivity index (χ0) is 10.0. The monoisotopic (exact) mass is 192 g/mol. The molecule has 2 aliphatic rings. The summed E-state index contributed by atoms with van der Waals surface area (Å²) in [6.45, 7) is 2.51. The summed E-state index contributed by atoms with van der Waals surface area (Å²) in [5.74, 6) is 2.09. The molecule has 80 valence electrons. The van der Waals surface area contributed by atoms with Gasteiger partial charge in [-0.05, 0) is 36.5 Å². The van der Waals surface area contributed by atoms with E-state index in [-0.39, 0.29) is 0 Å². The fraction of sp³-hybridized carbons (Fsp3) is 1.00. The lowest BCUT2D eigenvalue weighted by molar-refractivity contribution is 0.0920. The standard InChI is InChI=1S/C13H25B/c1-11-6-2-3-7-12(11)13(10-14)8-4-5-9-13/h11-12H,2-10,14H2,1H3. The van der Waals surface area contributed by atoms with Crippen molar-refractivity contribution in [3.63, 3.8) is 0 Å². The molecule has 0 aromatic heterocycles. The van der Waals surface area contributed by atoms with Gasteiger partial charge in [-0.3, -0.25) is 0 Å². The first-order chi connectivity index (χ1) is 6.78. The third-order valence-electron chi connectivity index (χ3n) is 5.20. The van der Waals surface area contributed by atoms with E-state index in [1.54, 1.807) is 12.8 Å². The van der Waals surface area contributed by atoms with Crippen molar-refractivity contribution in [1.82, 2.24) is 0 Å². The number of hydrogen-bond donors (Lipinski definition) is 0. The molecule has 0 saturated heterocycles. The summed E-state index contributed by atoms with van der Waals surface area (Å²) >= 11 is 0. The molecule has 2 unspecified atom stereocenters. The zero-order valence-corrected chi connectivity index (χ0v) is 10.0. The van der Waals surface area contributed by atoms with E-state index in [2.05, 4.69) is 14.8 Å². The van der Waals surface area contributed by atoms with Crippen LogP contribution in [0, 0.1) is 17.3 Å². The molecule has 2 aliphatic carbocycles. The van der Waals surface area contributed by atoms with Gasteiger partial charge >= 0.3 is 0 Å². The molecule has 0 nitrogen and oxygen atoms in total. The minimum atomic E-state index is 0.778. The summed E-state index contributed by atoms with van der Waals surface area (Å²) in [7, 11) is 2.44. The van der Waals surface area contributed by atoms with E-state index in [9.17, 15) is 0 Å². The minimum absolute atomic E-state index is 0.778. The van der Waals surface area contributed by atoms with E-state index in [0.717, 1.165) is 17.3 Å². The number of hydrogen-bond acceptors (Lipinski definition) is 0. The molecule has 0 aliphatic heterocycles. The van der Waals surface area contributed by atoms with Crippen LogP contribution in [0.2, 0.25) is 6.32 Å². The van der Waals surface area contributed by atoms with Crippen molar-refractivity contribution in [2.45, 2.75) is 64.6 Å². The van der Waals surface area contributed by atoms with Gasteiger partial charge < -0.3 is 0 Å². The third-order valence-corrected chi connectivity index (χ3v) is 5.20. The molecule has 2 rings (SSSR count).